The maximum Gasteiger partial charge on any atom is 0.221 e. The van der Waals surface area contributed by atoms with Crippen LogP contribution in [-0.2, 0) is 4.79 Å². The molecule has 1 rings (SSSR count). The standard InChI is InChI=1S/C12H16ClNO2/c1-8(15)14-11-6-5-9(7-10(11)13)16-12(2,3)4/h5-7H,1-4H3,(H,14,15). The minimum atomic E-state index is -0.265. The summed E-state index contributed by atoms with van der Waals surface area (Å²) in [6, 6.07) is 5.20. The molecule has 0 saturated carbocycles. The first-order valence-electron chi connectivity index (χ1n) is 5.04. The van der Waals surface area contributed by atoms with E-state index in [0.29, 0.717) is 16.5 Å². The number of nitrogens with one attached hydrogen (secondary N) is 1. The van der Waals surface area contributed by atoms with E-state index in [4.69, 9.17) is 16.3 Å². The van der Waals surface area contributed by atoms with Crippen molar-refractivity contribution in [1.29, 1.82) is 0 Å². The first kappa shape index (κ1) is 12.8. The van der Waals surface area contributed by atoms with Gasteiger partial charge in [0.1, 0.15) is 11.4 Å². The van der Waals surface area contributed by atoms with Crippen LogP contribution in [0.5, 0.6) is 5.75 Å². The van der Waals surface area contributed by atoms with Crippen LogP contribution in [0.4, 0.5) is 5.69 Å². The smallest absolute Gasteiger partial charge is 0.221 e. The third-order valence-corrected chi connectivity index (χ3v) is 1.99. The Morgan fingerprint density at radius 1 is 1.38 bits per heavy atom. The first-order chi connectivity index (χ1) is 7.28. The van der Waals surface area contributed by atoms with Crippen LogP contribution in [0.3, 0.4) is 0 Å². The molecule has 3 nitrogen and oxygen atoms in total. The summed E-state index contributed by atoms with van der Waals surface area (Å²) in [6.07, 6.45) is 0. The molecular weight excluding hydrogens is 226 g/mol. The number of halogens is 1. The minimum Gasteiger partial charge on any atom is -0.488 e. The molecule has 0 atom stereocenters. The summed E-state index contributed by atoms with van der Waals surface area (Å²) < 4.78 is 5.65. The predicted octanol–water partition coefficient (Wildman–Crippen LogP) is 3.48. The summed E-state index contributed by atoms with van der Waals surface area (Å²) >= 11 is 6.01. The first-order valence-corrected chi connectivity index (χ1v) is 5.42. The Bertz CT molecular complexity index is 396. The van der Waals surface area contributed by atoms with Crippen LogP contribution >= 0.6 is 11.6 Å². The number of hydrogen-bond donors (Lipinski definition) is 1. The van der Waals surface area contributed by atoms with Gasteiger partial charge in [-0.15, -0.1) is 0 Å². The van der Waals surface area contributed by atoms with E-state index < -0.39 is 0 Å². The highest BCUT2D eigenvalue weighted by Crippen LogP contribution is 2.28. The van der Waals surface area contributed by atoms with Gasteiger partial charge >= 0.3 is 0 Å². The van der Waals surface area contributed by atoms with Crippen LogP contribution in [-0.4, -0.2) is 11.5 Å². The highest BCUT2D eigenvalue weighted by molar-refractivity contribution is 6.33. The van der Waals surface area contributed by atoms with Gasteiger partial charge in [-0.05, 0) is 32.9 Å². The molecule has 0 aromatic heterocycles. The Kier molecular flexibility index (Phi) is 3.81. The number of carbonyl (C=O) groups excluding carboxylic acids is 1. The van der Waals surface area contributed by atoms with Gasteiger partial charge in [0.15, 0.2) is 0 Å². The van der Waals surface area contributed by atoms with Gasteiger partial charge in [0.05, 0.1) is 10.7 Å². The fourth-order valence-corrected chi connectivity index (χ4v) is 1.42. The van der Waals surface area contributed by atoms with Crippen molar-refractivity contribution in [3.63, 3.8) is 0 Å². The van der Waals surface area contributed by atoms with Crippen molar-refractivity contribution in [3.8, 4) is 5.75 Å². The van der Waals surface area contributed by atoms with Crippen molar-refractivity contribution >= 4 is 23.2 Å². The zero-order chi connectivity index (χ0) is 12.3. The van der Waals surface area contributed by atoms with E-state index in [9.17, 15) is 4.79 Å². The SMILES string of the molecule is CC(=O)Nc1ccc(OC(C)(C)C)cc1Cl. The van der Waals surface area contributed by atoms with Crippen molar-refractivity contribution < 1.29 is 9.53 Å². The van der Waals surface area contributed by atoms with Crippen molar-refractivity contribution in [2.45, 2.75) is 33.3 Å². The minimum absolute atomic E-state index is 0.147. The Hall–Kier alpha value is -1.22. The van der Waals surface area contributed by atoms with Gasteiger partial charge in [0.25, 0.3) is 0 Å². The molecule has 16 heavy (non-hydrogen) atoms. The van der Waals surface area contributed by atoms with E-state index in [1.165, 1.54) is 6.92 Å². The molecule has 0 spiro atoms. The maximum absolute atomic E-state index is 10.9. The van der Waals surface area contributed by atoms with Crippen LogP contribution in [0.2, 0.25) is 5.02 Å². The quantitative estimate of drug-likeness (QED) is 0.861. The van der Waals surface area contributed by atoms with Crippen LogP contribution < -0.4 is 10.1 Å². The molecule has 1 aromatic carbocycles. The van der Waals surface area contributed by atoms with E-state index in [1.54, 1.807) is 18.2 Å². The van der Waals surface area contributed by atoms with Gasteiger partial charge in [0.2, 0.25) is 5.91 Å². The number of carbonyl (C=O) groups is 1. The number of amides is 1. The molecule has 0 unspecified atom stereocenters. The molecule has 1 amide bonds. The van der Waals surface area contributed by atoms with E-state index >= 15 is 0 Å². The fraction of sp³-hybridized carbons (Fsp3) is 0.417. The lowest BCUT2D eigenvalue weighted by molar-refractivity contribution is -0.114. The lowest BCUT2D eigenvalue weighted by Gasteiger charge is -2.21. The van der Waals surface area contributed by atoms with E-state index in [1.807, 2.05) is 20.8 Å². The Labute approximate surface area is 101 Å². The van der Waals surface area contributed by atoms with Crippen molar-refractivity contribution in [2.24, 2.45) is 0 Å². The summed E-state index contributed by atoms with van der Waals surface area (Å²) in [5.74, 6) is 0.540. The molecular formula is C12H16ClNO2. The summed E-state index contributed by atoms with van der Waals surface area (Å²) in [4.78, 5) is 10.9. The van der Waals surface area contributed by atoms with Crippen LogP contribution in [0.25, 0.3) is 0 Å². The molecule has 0 radical (unpaired) electrons. The molecule has 0 aliphatic carbocycles. The molecule has 88 valence electrons. The summed E-state index contributed by atoms with van der Waals surface area (Å²) in [7, 11) is 0. The zero-order valence-corrected chi connectivity index (χ0v) is 10.7. The lowest BCUT2D eigenvalue weighted by Crippen LogP contribution is -2.22. The highest BCUT2D eigenvalue weighted by Gasteiger charge is 2.12. The summed E-state index contributed by atoms with van der Waals surface area (Å²) in [5, 5.41) is 3.11. The van der Waals surface area contributed by atoms with Crippen molar-refractivity contribution in [3.05, 3.63) is 23.2 Å². The number of benzene rings is 1. The second-order valence-electron chi connectivity index (χ2n) is 4.54. The average molecular weight is 242 g/mol. The molecule has 4 heteroatoms. The second-order valence-corrected chi connectivity index (χ2v) is 4.94. The molecule has 0 saturated heterocycles. The van der Waals surface area contributed by atoms with Gasteiger partial charge in [0, 0.05) is 13.0 Å². The third-order valence-electron chi connectivity index (χ3n) is 1.68. The van der Waals surface area contributed by atoms with Crippen LogP contribution in [0.15, 0.2) is 18.2 Å². The molecule has 0 bridgehead atoms. The monoisotopic (exact) mass is 241 g/mol. The molecule has 1 aromatic rings. The van der Waals surface area contributed by atoms with Gasteiger partial charge in [-0.1, -0.05) is 11.6 Å². The Balaban J connectivity index is 2.87. The molecule has 0 fully saturated rings. The summed E-state index contributed by atoms with van der Waals surface area (Å²) in [5.41, 5.74) is 0.328. The van der Waals surface area contributed by atoms with Crippen LogP contribution in [0, 0.1) is 0 Å². The normalized spacial score (nSPS) is 11.1. The van der Waals surface area contributed by atoms with Gasteiger partial charge < -0.3 is 10.1 Å². The Morgan fingerprint density at radius 2 is 2.00 bits per heavy atom. The fourth-order valence-electron chi connectivity index (χ4n) is 1.20. The third kappa shape index (κ3) is 4.11. The zero-order valence-electron chi connectivity index (χ0n) is 9.93. The van der Waals surface area contributed by atoms with Gasteiger partial charge in [-0.25, -0.2) is 0 Å². The van der Waals surface area contributed by atoms with Crippen molar-refractivity contribution in [1.82, 2.24) is 0 Å². The number of hydrogen-bond acceptors (Lipinski definition) is 2. The summed E-state index contributed by atoms with van der Waals surface area (Å²) in [6.45, 7) is 7.32. The van der Waals surface area contributed by atoms with E-state index in [0.717, 1.165) is 0 Å². The van der Waals surface area contributed by atoms with Crippen molar-refractivity contribution in [2.75, 3.05) is 5.32 Å². The molecule has 0 aliphatic rings. The topological polar surface area (TPSA) is 38.3 Å². The predicted molar refractivity (Wildman–Crippen MR) is 66.1 cm³/mol. The lowest BCUT2D eigenvalue weighted by atomic mass is 10.2. The number of rotatable bonds is 2. The molecule has 0 aliphatic heterocycles. The molecule has 1 N–H and O–H groups in total. The Morgan fingerprint density at radius 3 is 2.44 bits per heavy atom. The van der Waals surface area contributed by atoms with Gasteiger partial charge in [-0.3, -0.25) is 4.79 Å². The van der Waals surface area contributed by atoms with E-state index in [-0.39, 0.29) is 11.5 Å². The highest BCUT2D eigenvalue weighted by atomic mass is 35.5. The average Bonchev–Trinajstić information content (AvgIpc) is 2.06. The number of anilines is 1. The largest absolute Gasteiger partial charge is 0.488 e. The maximum atomic E-state index is 10.9. The van der Waals surface area contributed by atoms with E-state index in [2.05, 4.69) is 5.32 Å². The number of ether oxygens (including phenoxy) is 1. The molecule has 0 heterocycles. The van der Waals surface area contributed by atoms with Gasteiger partial charge in [-0.2, -0.15) is 0 Å². The van der Waals surface area contributed by atoms with Crippen LogP contribution in [0.1, 0.15) is 27.7 Å². The second kappa shape index (κ2) is 4.74.